The Bertz CT molecular complexity index is 237. The van der Waals surface area contributed by atoms with E-state index in [1.165, 1.54) is 25.9 Å². The molecule has 0 bridgehead atoms. The molecule has 0 saturated carbocycles. The van der Waals surface area contributed by atoms with E-state index in [0.29, 0.717) is 5.92 Å². The minimum atomic E-state index is -0.381. The van der Waals surface area contributed by atoms with Crippen molar-refractivity contribution in [3.63, 3.8) is 0 Å². The van der Waals surface area contributed by atoms with E-state index in [-0.39, 0.29) is 17.9 Å². The van der Waals surface area contributed by atoms with Crippen molar-refractivity contribution in [2.24, 2.45) is 17.6 Å². The zero-order valence-electron chi connectivity index (χ0n) is 11.4. The molecule has 1 fully saturated rings. The Morgan fingerprint density at radius 1 is 1.29 bits per heavy atom. The molecule has 0 spiro atoms. The molecule has 1 heterocycles. The second kappa shape index (κ2) is 6.97. The van der Waals surface area contributed by atoms with Crippen LogP contribution in [0.1, 0.15) is 33.6 Å². The quantitative estimate of drug-likeness (QED) is 0.724. The highest BCUT2D eigenvalue weighted by Gasteiger charge is 2.19. The minimum absolute atomic E-state index is 0.0201. The second-order valence-electron chi connectivity index (χ2n) is 5.63. The van der Waals surface area contributed by atoms with E-state index >= 15 is 0 Å². The molecule has 1 saturated heterocycles. The highest BCUT2D eigenvalue weighted by Crippen LogP contribution is 2.09. The lowest BCUT2D eigenvalue weighted by molar-refractivity contribution is -0.123. The molecule has 17 heavy (non-hydrogen) atoms. The molecular formula is C13H27N3O. The molecule has 2 atom stereocenters. The summed E-state index contributed by atoms with van der Waals surface area (Å²) < 4.78 is 0. The summed E-state index contributed by atoms with van der Waals surface area (Å²) in [6.07, 6.45) is 2.63. The summed E-state index contributed by atoms with van der Waals surface area (Å²) in [6.45, 7) is 10.4. The molecule has 4 nitrogen and oxygen atoms in total. The molecule has 1 aliphatic heterocycles. The van der Waals surface area contributed by atoms with Gasteiger partial charge in [-0.25, -0.2) is 0 Å². The first-order valence-corrected chi connectivity index (χ1v) is 6.76. The van der Waals surface area contributed by atoms with Crippen LogP contribution < -0.4 is 11.1 Å². The van der Waals surface area contributed by atoms with Crippen LogP contribution in [-0.4, -0.2) is 43.0 Å². The monoisotopic (exact) mass is 241 g/mol. The van der Waals surface area contributed by atoms with Gasteiger partial charge < -0.3 is 16.0 Å². The Kier molecular flexibility index (Phi) is 5.92. The van der Waals surface area contributed by atoms with Crippen LogP contribution in [-0.2, 0) is 4.79 Å². The van der Waals surface area contributed by atoms with Crippen LogP contribution in [0.15, 0.2) is 0 Å². The number of carbonyl (C=O) groups excluding carboxylic acids is 1. The third kappa shape index (κ3) is 5.04. The Hall–Kier alpha value is -0.610. The summed E-state index contributed by atoms with van der Waals surface area (Å²) in [6, 6.07) is -0.381. The fourth-order valence-electron chi connectivity index (χ4n) is 2.17. The predicted molar refractivity (Wildman–Crippen MR) is 70.7 cm³/mol. The number of nitrogens with one attached hydrogen (secondary N) is 1. The molecule has 0 aliphatic carbocycles. The Morgan fingerprint density at radius 2 is 1.88 bits per heavy atom. The Morgan fingerprint density at radius 3 is 2.41 bits per heavy atom. The van der Waals surface area contributed by atoms with Gasteiger partial charge in [-0.3, -0.25) is 4.79 Å². The van der Waals surface area contributed by atoms with Crippen LogP contribution in [0.3, 0.4) is 0 Å². The summed E-state index contributed by atoms with van der Waals surface area (Å²) in [5.74, 6) is 0.675. The lowest BCUT2D eigenvalue weighted by Crippen LogP contribution is -2.46. The van der Waals surface area contributed by atoms with Crippen LogP contribution in [0.25, 0.3) is 0 Å². The van der Waals surface area contributed by atoms with Crippen molar-refractivity contribution in [1.82, 2.24) is 10.2 Å². The second-order valence-corrected chi connectivity index (χ2v) is 5.63. The van der Waals surface area contributed by atoms with Crippen molar-refractivity contribution in [3.05, 3.63) is 0 Å². The smallest absolute Gasteiger partial charge is 0.237 e. The predicted octanol–water partition coefficient (Wildman–Crippen LogP) is 0.818. The fourth-order valence-corrected chi connectivity index (χ4v) is 2.17. The molecule has 1 aliphatic rings. The molecule has 0 radical (unpaired) electrons. The van der Waals surface area contributed by atoms with Crippen molar-refractivity contribution in [2.45, 2.75) is 39.7 Å². The summed E-state index contributed by atoms with van der Waals surface area (Å²) >= 11 is 0. The van der Waals surface area contributed by atoms with Gasteiger partial charge in [0.1, 0.15) is 0 Å². The molecule has 0 aromatic rings. The molecule has 1 amide bonds. The third-order valence-corrected chi connectivity index (χ3v) is 3.41. The average Bonchev–Trinajstić information content (AvgIpc) is 2.77. The van der Waals surface area contributed by atoms with Gasteiger partial charge in [-0.05, 0) is 37.8 Å². The Balaban J connectivity index is 2.18. The molecule has 0 aromatic carbocycles. The maximum absolute atomic E-state index is 11.7. The van der Waals surface area contributed by atoms with Crippen LogP contribution in [0.4, 0.5) is 0 Å². The molecule has 100 valence electrons. The number of nitrogens with two attached hydrogens (primary N) is 1. The van der Waals surface area contributed by atoms with Crippen LogP contribution in [0, 0.1) is 11.8 Å². The van der Waals surface area contributed by atoms with Gasteiger partial charge in [0.2, 0.25) is 5.91 Å². The van der Waals surface area contributed by atoms with Crippen molar-refractivity contribution >= 4 is 5.91 Å². The van der Waals surface area contributed by atoms with Gasteiger partial charge in [0, 0.05) is 13.1 Å². The maximum atomic E-state index is 11.7. The van der Waals surface area contributed by atoms with E-state index in [9.17, 15) is 4.79 Å². The number of rotatable bonds is 6. The van der Waals surface area contributed by atoms with E-state index in [1.54, 1.807) is 0 Å². The summed E-state index contributed by atoms with van der Waals surface area (Å²) in [4.78, 5) is 14.1. The SMILES string of the molecule is CC(CNC(=O)C(N)C(C)C)CN1CCCC1. The lowest BCUT2D eigenvalue weighted by atomic mass is 10.0. The number of hydrogen-bond acceptors (Lipinski definition) is 3. The first-order valence-electron chi connectivity index (χ1n) is 6.76. The lowest BCUT2D eigenvalue weighted by Gasteiger charge is -2.22. The highest BCUT2D eigenvalue weighted by atomic mass is 16.2. The van der Waals surface area contributed by atoms with Crippen LogP contribution in [0.2, 0.25) is 0 Å². The van der Waals surface area contributed by atoms with E-state index in [2.05, 4.69) is 17.1 Å². The number of nitrogens with zero attached hydrogens (tertiary/aromatic N) is 1. The first kappa shape index (κ1) is 14.5. The standard InChI is InChI=1S/C13H27N3O/c1-10(2)12(14)13(17)15-8-11(3)9-16-6-4-5-7-16/h10-12H,4-9,14H2,1-3H3,(H,15,17). The van der Waals surface area contributed by atoms with Gasteiger partial charge in [-0.1, -0.05) is 20.8 Å². The van der Waals surface area contributed by atoms with Gasteiger partial charge >= 0.3 is 0 Å². The summed E-state index contributed by atoms with van der Waals surface area (Å²) in [7, 11) is 0. The van der Waals surface area contributed by atoms with Crippen LogP contribution in [0.5, 0.6) is 0 Å². The van der Waals surface area contributed by atoms with Gasteiger partial charge in [0.05, 0.1) is 6.04 Å². The van der Waals surface area contributed by atoms with Crippen molar-refractivity contribution in [3.8, 4) is 0 Å². The van der Waals surface area contributed by atoms with E-state index in [0.717, 1.165) is 13.1 Å². The molecular weight excluding hydrogens is 214 g/mol. The van der Waals surface area contributed by atoms with Crippen molar-refractivity contribution in [2.75, 3.05) is 26.2 Å². The number of amides is 1. The normalized spacial score (nSPS) is 20.5. The van der Waals surface area contributed by atoms with E-state index in [4.69, 9.17) is 5.73 Å². The molecule has 3 N–H and O–H groups in total. The molecule has 0 aromatic heterocycles. The van der Waals surface area contributed by atoms with Gasteiger partial charge in [0.15, 0.2) is 0 Å². The van der Waals surface area contributed by atoms with E-state index < -0.39 is 0 Å². The van der Waals surface area contributed by atoms with Crippen molar-refractivity contribution in [1.29, 1.82) is 0 Å². The highest BCUT2D eigenvalue weighted by molar-refractivity contribution is 5.81. The van der Waals surface area contributed by atoms with Gasteiger partial charge in [-0.2, -0.15) is 0 Å². The van der Waals surface area contributed by atoms with E-state index in [1.807, 2.05) is 13.8 Å². The number of likely N-dealkylation sites (tertiary alicyclic amines) is 1. The number of hydrogen-bond donors (Lipinski definition) is 2. The average molecular weight is 241 g/mol. The maximum Gasteiger partial charge on any atom is 0.237 e. The summed E-state index contributed by atoms with van der Waals surface area (Å²) in [5.41, 5.74) is 5.79. The minimum Gasteiger partial charge on any atom is -0.354 e. The summed E-state index contributed by atoms with van der Waals surface area (Å²) in [5, 5.41) is 2.95. The molecule has 2 unspecified atom stereocenters. The zero-order chi connectivity index (χ0) is 12.8. The Labute approximate surface area is 105 Å². The van der Waals surface area contributed by atoms with Gasteiger partial charge in [-0.15, -0.1) is 0 Å². The molecule has 4 heteroatoms. The van der Waals surface area contributed by atoms with Crippen molar-refractivity contribution < 1.29 is 4.79 Å². The largest absolute Gasteiger partial charge is 0.354 e. The molecule has 1 rings (SSSR count). The fraction of sp³-hybridized carbons (Fsp3) is 0.923. The van der Waals surface area contributed by atoms with Gasteiger partial charge in [0.25, 0.3) is 0 Å². The number of carbonyl (C=O) groups is 1. The van der Waals surface area contributed by atoms with Crippen LogP contribution >= 0.6 is 0 Å². The first-order chi connectivity index (χ1) is 8.00. The topological polar surface area (TPSA) is 58.4 Å². The zero-order valence-corrected chi connectivity index (χ0v) is 11.4. The third-order valence-electron chi connectivity index (χ3n) is 3.41.